The summed E-state index contributed by atoms with van der Waals surface area (Å²) in [6.07, 6.45) is 1.48. The number of nitrogens with zero attached hydrogens (tertiary/aromatic N) is 3. The third-order valence-corrected chi connectivity index (χ3v) is 5.26. The van der Waals surface area contributed by atoms with Crippen LogP contribution >= 0.6 is 23.7 Å². The number of aromatic nitrogens is 3. The van der Waals surface area contributed by atoms with Crippen molar-refractivity contribution in [3.05, 3.63) is 58.3 Å². The first-order valence-corrected chi connectivity index (χ1v) is 9.84. The van der Waals surface area contributed by atoms with Crippen LogP contribution in [0, 0.1) is 13.8 Å². The monoisotopic (exact) mass is 444 g/mol. The zero-order valence-electron chi connectivity index (χ0n) is 16.7. The summed E-state index contributed by atoms with van der Waals surface area (Å²) in [5, 5.41) is 16.9. The average Bonchev–Trinajstić information content (AvgIpc) is 3.14. The molecule has 2 aromatic heterocycles. The van der Waals surface area contributed by atoms with Crippen molar-refractivity contribution in [3.8, 4) is 17.2 Å². The minimum Gasteiger partial charge on any atom is -0.508 e. The maximum atomic E-state index is 9.95. The van der Waals surface area contributed by atoms with Crippen molar-refractivity contribution in [2.24, 2.45) is 0 Å². The Morgan fingerprint density at radius 3 is 2.63 bits per heavy atom. The molecule has 0 saturated carbocycles. The van der Waals surface area contributed by atoms with Gasteiger partial charge in [-0.3, -0.25) is 0 Å². The third-order valence-electron chi connectivity index (χ3n) is 4.43. The molecule has 4 aromatic rings. The highest BCUT2D eigenvalue weighted by molar-refractivity contribution is 7.09. The van der Waals surface area contributed by atoms with Gasteiger partial charge >= 0.3 is 0 Å². The minimum absolute atomic E-state index is 0. The van der Waals surface area contributed by atoms with E-state index in [9.17, 15) is 5.11 Å². The number of hydrogen-bond donors (Lipinski definition) is 2. The molecule has 2 N–H and O–H groups in total. The summed E-state index contributed by atoms with van der Waals surface area (Å²) in [7, 11) is 1.59. The lowest BCUT2D eigenvalue weighted by Gasteiger charge is -2.13. The van der Waals surface area contributed by atoms with Crippen molar-refractivity contribution >= 4 is 46.2 Å². The van der Waals surface area contributed by atoms with Gasteiger partial charge in [0, 0.05) is 28.6 Å². The number of aromatic hydroxyl groups is 1. The first-order valence-electron chi connectivity index (χ1n) is 8.96. The number of hydrogen-bond acceptors (Lipinski definition) is 8. The molecule has 0 amide bonds. The molecule has 0 atom stereocenters. The minimum atomic E-state index is 0. The molecule has 7 nitrogen and oxygen atoms in total. The molecule has 9 heteroatoms. The average molecular weight is 445 g/mol. The molecule has 0 saturated heterocycles. The molecular formula is C21H21ClN4O3S. The second-order valence-corrected chi connectivity index (χ2v) is 7.58. The number of phenols is 1. The van der Waals surface area contributed by atoms with Crippen molar-refractivity contribution in [3.63, 3.8) is 0 Å². The van der Waals surface area contributed by atoms with Crippen LogP contribution in [0.1, 0.15) is 16.3 Å². The first-order chi connectivity index (χ1) is 14.0. The van der Waals surface area contributed by atoms with E-state index in [-0.39, 0.29) is 18.2 Å². The van der Waals surface area contributed by atoms with Crippen molar-refractivity contribution in [1.29, 1.82) is 0 Å². The summed E-state index contributed by atoms with van der Waals surface area (Å²) in [6, 6.07) is 9.05. The lowest BCUT2D eigenvalue weighted by molar-refractivity contribution is 0.282. The normalized spacial score (nSPS) is 10.5. The zero-order chi connectivity index (χ0) is 20.4. The van der Waals surface area contributed by atoms with Gasteiger partial charge < -0.3 is 19.9 Å². The van der Waals surface area contributed by atoms with Gasteiger partial charge in [-0.05, 0) is 31.5 Å². The van der Waals surface area contributed by atoms with Crippen molar-refractivity contribution in [2.75, 3.05) is 12.4 Å². The highest BCUT2D eigenvalue weighted by Crippen LogP contribution is 2.35. The van der Waals surface area contributed by atoms with Crippen LogP contribution in [0.2, 0.25) is 0 Å². The van der Waals surface area contributed by atoms with Crippen LogP contribution in [0.25, 0.3) is 10.9 Å². The Kier molecular flexibility index (Phi) is 6.59. The number of phenolic OH excluding ortho intramolecular Hbond substituents is 1. The summed E-state index contributed by atoms with van der Waals surface area (Å²) in [4.78, 5) is 13.1. The Morgan fingerprint density at radius 2 is 1.93 bits per heavy atom. The van der Waals surface area contributed by atoms with Crippen LogP contribution < -0.4 is 14.8 Å². The summed E-state index contributed by atoms with van der Waals surface area (Å²) in [5.74, 6) is 1.99. The lowest BCUT2D eigenvalue weighted by Crippen LogP contribution is -2.00. The quantitative estimate of drug-likeness (QED) is 0.424. The van der Waals surface area contributed by atoms with E-state index in [0.29, 0.717) is 29.4 Å². The van der Waals surface area contributed by atoms with Gasteiger partial charge in [-0.25, -0.2) is 15.0 Å². The van der Waals surface area contributed by atoms with E-state index in [2.05, 4.69) is 20.3 Å². The van der Waals surface area contributed by atoms with Crippen LogP contribution in [0.4, 0.5) is 11.5 Å². The number of anilines is 2. The molecule has 0 fully saturated rings. The number of nitrogens with one attached hydrogen (secondary N) is 1. The molecule has 0 spiro atoms. The van der Waals surface area contributed by atoms with E-state index in [1.807, 2.05) is 43.5 Å². The SMILES string of the molecule is COc1cc2c(Nc3ccc(C)c(O)c3)ncnc2cc1OCc1csc(C)n1.Cl. The molecule has 0 aliphatic heterocycles. The maximum Gasteiger partial charge on any atom is 0.163 e. The largest absolute Gasteiger partial charge is 0.508 e. The number of benzene rings is 2. The van der Waals surface area contributed by atoms with Gasteiger partial charge in [0.25, 0.3) is 0 Å². The second kappa shape index (κ2) is 9.15. The number of thiazole rings is 1. The van der Waals surface area contributed by atoms with E-state index >= 15 is 0 Å². The number of aryl methyl sites for hydroxylation is 2. The number of rotatable bonds is 6. The van der Waals surface area contributed by atoms with Gasteiger partial charge in [-0.2, -0.15) is 0 Å². The van der Waals surface area contributed by atoms with Crippen LogP contribution in [0.3, 0.4) is 0 Å². The number of fused-ring (bicyclic) bond motifs is 1. The topological polar surface area (TPSA) is 89.4 Å². The standard InChI is InChI=1S/C21H20N4O3S.ClH/c1-12-4-5-14(6-18(12)26)25-21-16-7-19(27-3)20(8-17(16)22-11-23-21)28-9-15-10-29-13(2)24-15;/h4-8,10-11,26H,9H2,1-3H3,(H,22,23,25);1H. The zero-order valence-corrected chi connectivity index (χ0v) is 18.3. The molecule has 0 unspecified atom stereocenters. The fourth-order valence-electron chi connectivity index (χ4n) is 2.89. The Bertz CT molecular complexity index is 1180. The first kappa shape index (κ1) is 21.6. The van der Waals surface area contributed by atoms with Gasteiger partial charge in [0.1, 0.15) is 24.5 Å². The summed E-state index contributed by atoms with van der Waals surface area (Å²) in [5.41, 5.74) is 3.12. The van der Waals surface area contributed by atoms with Crippen molar-refractivity contribution < 1.29 is 14.6 Å². The summed E-state index contributed by atoms with van der Waals surface area (Å²) >= 11 is 1.59. The third kappa shape index (κ3) is 4.55. The Morgan fingerprint density at radius 1 is 1.10 bits per heavy atom. The van der Waals surface area contributed by atoms with Crippen LogP contribution in [0.5, 0.6) is 17.2 Å². The van der Waals surface area contributed by atoms with E-state index in [4.69, 9.17) is 9.47 Å². The Labute approximate surface area is 184 Å². The predicted octanol–water partition coefficient (Wildman–Crippen LogP) is 5.16. The van der Waals surface area contributed by atoms with E-state index < -0.39 is 0 Å². The Balaban J connectivity index is 0.00000256. The smallest absolute Gasteiger partial charge is 0.163 e. The van der Waals surface area contributed by atoms with Crippen molar-refractivity contribution in [2.45, 2.75) is 20.5 Å². The molecule has 2 aromatic carbocycles. The Hall–Kier alpha value is -3.10. The van der Waals surface area contributed by atoms with Crippen LogP contribution in [0.15, 0.2) is 42.0 Å². The molecule has 30 heavy (non-hydrogen) atoms. The lowest BCUT2D eigenvalue weighted by atomic mass is 10.2. The fraction of sp³-hybridized carbons (Fsp3) is 0.190. The van der Waals surface area contributed by atoms with Gasteiger partial charge in [0.2, 0.25) is 0 Å². The molecule has 4 rings (SSSR count). The molecule has 0 aliphatic carbocycles. The van der Waals surface area contributed by atoms with Gasteiger partial charge in [-0.1, -0.05) is 6.07 Å². The predicted molar refractivity (Wildman–Crippen MR) is 121 cm³/mol. The molecular weight excluding hydrogens is 424 g/mol. The highest BCUT2D eigenvalue weighted by Gasteiger charge is 2.13. The van der Waals surface area contributed by atoms with Crippen molar-refractivity contribution in [1.82, 2.24) is 15.0 Å². The fourth-order valence-corrected chi connectivity index (χ4v) is 3.48. The number of methoxy groups -OCH3 is 1. The molecule has 156 valence electrons. The summed E-state index contributed by atoms with van der Waals surface area (Å²) < 4.78 is 11.4. The van der Waals surface area contributed by atoms with Crippen LogP contribution in [-0.2, 0) is 6.61 Å². The number of ether oxygens (including phenoxy) is 2. The molecule has 2 heterocycles. The molecule has 0 bridgehead atoms. The number of halogens is 1. The van der Waals surface area contributed by atoms with E-state index in [0.717, 1.165) is 27.3 Å². The van der Waals surface area contributed by atoms with Crippen LogP contribution in [-0.4, -0.2) is 27.2 Å². The van der Waals surface area contributed by atoms with E-state index in [1.165, 1.54) is 6.33 Å². The van der Waals surface area contributed by atoms with Gasteiger partial charge in [0.05, 0.1) is 23.3 Å². The second-order valence-electron chi connectivity index (χ2n) is 6.52. The molecule has 0 radical (unpaired) electrons. The highest BCUT2D eigenvalue weighted by atomic mass is 35.5. The van der Waals surface area contributed by atoms with Gasteiger partial charge in [-0.15, -0.1) is 23.7 Å². The maximum absolute atomic E-state index is 9.95. The van der Waals surface area contributed by atoms with E-state index in [1.54, 1.807) is 24.5 Å². The molecule has 0 aliphatic rings. The summed E-state index contributed by atoms with van der Waals surface area (Å²) in [6.45, 7) is 4.16. The van der Waals surface area contributed by atoms with Gasteiger partial charge in [0.15, 0.2) is 11.5 Å².